The van der Waals surface area contributed by atoms with Crippen molar-refractivity contribution in [2.24, 2.45) is 11.3 Å². The third-order valence-corrected chi connectivity index (χ3v) is 3.90. The molecule has 1 spiro atoms. The lowest BCUT2D eigenvalue weighted by Crippen LogP contribution is -2.31. The van der Waals surface area contributed by atoms with Crippen LogP contribution in [0.2, 0.25) is 0 Å². The van der Waals surface area contributed by atoms with Gasteiger partial charge in [-0.1, -0.05) is 19.3 Å². The van der Waals surface area contributed by atoms with Crippen molar-refractivity contribution >= 4 is 5.78 Å². The number of hydrogen-bond acceptors (Lipinski definition) is 2. The molecule has 2 nitrogen and oxygen atoms in total. The normalized spacial score (nSPS) is 32.7. The molecule has 0 aromatic rings. The van der Waals surface area contributed by atoms with Gasteiger partial charge in [-0.05, 0) is 25.7 Å². The fourth-order valence-corrected chi connectivity index (χ4v) is 3.04. The molecular formula is C11H18O2. The summed E-state index contributed by atoms with van der Waals surface area (Å²) in [6.45, 7) is 0.0700. The molecule has 2 rings (SSSR count). The summed E-state index contributed by atoms with van der Waals surface area (Å²) >= 11 is 0. The van der Waals surface area contributed by atoms with Crippen LogP contribution in [-0.4, -0.2) is 17.5 Å². The van der Waals surface area contributed by atoms with Gasteiger partial charge in [0.2, 0.25) is 0 Å². The third kappa shape index (κ3) is 1.41. The maximum Gasteiger partial charge on any atom is 0.144 e. The second kappa shape index (κ2) is 3.41. The molecule has 0 amide bonds. The molecule has 1 N–H and O–H groups in total. The van der Waals surface area contributed by atoms with E-state index >= 15 is 0 Å². The van der Waals surface area contributed by atoms with E-state index in [1.54, 1.807) is 0 Å². The molecular weight excluding hydrogens is 164 g/mol. The van der Waals surface area contributed by atoms with E-state index in [0.29, 0.717) is 5.78 Å². The van der Waals surface area contributed by atoms with Gasteiger partial charge in [0, 0.05) is 11.3 Å². The molecule has 0 bridgehead atoms. The van der Waals surface area contributed by atoms with Gasteiger partial charge >= 0.3 is 0 Å². The average Bonchev–Trinajstić information content (AvgIpc) is 2.47. The zero-order chi connectivity index (χ0) is 9.31. The molecule has 0 saturated heterocycles. The van der Waals surface area contributed by atoms with Crippen LogP contribution in [0.1, 0.15) is 44.9 Å². The van der Waals surface area contributed by atoms with E-state index in [0.717, 1.165) is 25.7 Å². The first-order chi connectivity index (χ1) is 6.28. The van der Waals surface area contributed by atoms with E-state index in [2.05, 4.69) is 0 Å². The minimum atomic E-state index is -0.0295. The molecule has 0 radical (unpaired) electrons. The Morgan fingerprint density at radius 2 is 1.92 bits per heavy atom. The zero-order valence-corrected chi connectivity index (χ0v) is 8.09. The summed E-state index contributed by atoms with van der Waals surface area (Å²) in [6.07, 6.45) is 7.85. The van der Waals surface area contributed by atoms with Crippen LogP contribution in [0.15, 0.2) is 0 Å². The summed E-state index contributed by atoms with van der Waals surface area (Å²) in [5.41, 5.74) is 0.00560. The lowest BCUT2D eigenvalue weighted by molar-refractivity contribution is -0.131. The first kappa shape index (κ1) is 9.20. The fourth-order valence-electron chi connectivity index (χ4n) is 3.04. The van der Waals surface area contributed by atoms with E-state index in [9.17, 15) is 4.79 Å². The highest BCUT2D eigenvalue weighted by Gasteiger charge is 2.47. The van der Waals surface area contributed by atoms with Crippen molar-refractivity contribution in [3.05, 3.63) is 0 Å². The summed E-state index contributed by atoms with van der Waals surface area (Å²) in [5.74, 6) is 0.341. The topological polar surface area (TPSA) is 37.3 Å². The number of carbonyl (C=O) groups excluding carboxylic acids is 1. The van der Waals surface area contributed by atoms with E-state index in [4.69, 9.17) is 5.11 Å². The van der Waals surface area contributed by atoms with Gasteiger partial charge in [-0.2, -0.15) is 0 Å². The van der Waals surface area contributed by atoms with Gasteiger partial charge in [-0.15, -0.1) is 0 Å². The first-order valence-electron chi connectivity index (χ1n) is 5.44. The van der Waals surface area contributed by atoms with Gasteiger partial charge in [-0.3, -0.25) is 4.79 Å². The Balaban J connectivity index is 2.10. The van der Waals surface area contributed by atoms with Crippen molar-refractivity contribution in [3.8, 4) is 0 Å². The molecule has 0 aromatic heterocycles. The highest BCUT2D eigenvalue weighted by Crippen LogP contribution is 2.48. The fraction of sp³-hybridized carbons (Fsp3) is 0.909. The molecule has 0 aromatic carbocycles. The minimum Gasteiger partial charge on any atom is -0.396 e. The van der Waals surface area contributed by atoms with Crippen molar-refractivity contribution in [3.63, 3.8) is 0 Å². The van der Waals surface area contributed by atoms with Crippen molar-refractivity contribution in [1.82, 2.24) is 0 Å². The monoisotopic (exact) mass is 182 g/mol. The van der Waals surface area contributed by atoms with Crippen LogP contribution < -0.4 is 0 Å². The number of aliphatic hydroxyl groups is 1. The van der Waals surface area contributed by atoms with Gasteiger partial charge in [0.05, 0.1) is 6.61 Å². The van der Waals surface area contributed by atoms with Crippen molar-refractivity contribution < 1.29 is 9.90 Å². The molecule has 1 unspecified atom stereocenters. The van der Waals surface area contributed by atoms with Crippen molar-refractivity contribution in [2.45, 2.75) is 44.9 Å². The van der Waals surface area contributed by atoms with Crippen LogP contribution in [-0.2, 0) is 4.79 Å². The number of carbonyl (C=O) groups is 1. The van der Waals surface area contributed by atoms with Crippen LogP contribution >= 0.6 is 0 Å². The summed E-state index contributed by atoms with van der Waals surface area (Å²) in [7, 11) is 0. The Morgan fingerprint density at radius 1 is 1.23 bits per heavy atom. The second-order valence-corrected chi connectivity index (χ2v) is 4.62. The number of aliphatic hydroxyl groups excluding tert-OH is 1. The van der Waals surface area contributed by atoms with Crippen LogP contribution in [0, 0.1) is 11.3 Å². The maximum absolute atomic E-state index is 12.0. The number of ketones is 1. The minimum absolute atomic E-state index is 0.00560. The van der Waals surface area contributed by atoms with Crippen molar-refractivity contribution in [1.29, 1.82) is 0 Å². The van der Waals surface area contributed by atoms with E-state index in [1.165, 1.54) is 19.3 Å². The molecule has 0 aliphatic heterocycles. The predicted molar refractivity (Wildman–Crippen MR) is 50.3 cm³/mol. The molecule has 0 heterocycles. The summed E-state index contributed by atoms with van der Waals surface area (Å²) in [4.78, 5) is 12.0. The number of Topliss-reactive ketones (excluding diaryl/α,β-unsaturated/α-hetero) is 1. The zero-order valence-electron chi connectivity index (χ0n) is 8.09. The Labute approximate surface area is 79.3 Å². The standard InChI is InChI=1S/C11H18O2/c12-8-9-4-7-11(10(9)13)5-2-1-3-6-11/h9,12H,1-8H2. The molecule has 2 fully saturated rings. The second-order valence-electron chi connectivity index (χ2n) is 4.62. The van der Waals surface area contributed by atoms with Crippen LogP contribution in [0.25, 0.3) is 0 Å². The maximum atomic E-state index is 12.0. The smallest absolute Gasteiger partial charge is 0.144 e. The molecule has 2 saturated carbocycles. The molecule has 2 aliphatic carbocycles. The van der Waals surface area contributed by atoms with E-state index in [-0.39, 0.29) is 17.9 Å². The predicted octanol–water partition coefficient (Wildman–Crippen LogP) is 1.91. The van der Waals surface area contributed by atoms with Crippen molar-refractivity contribution in [2.75, 3.05) is 6.61 Å². The summed E-state index contributed by atoms with van der Waals surface area (Å²) < 4.78 is 0. The lowest BCUT2D eigenvalue weighted by Gasteiger charge is -2.31. The average molecular weight is 182 g/mol. The summed E-state index contributed by atoms with van der Waals surface area (Å²) in [6, 6.07) is 0. The molecule has 74 valence electrons. The highest BCUT2D eigenvalue weighted by molar-refractivity contribution is 5.89. The van der Waals surface area contributed by atoms with Gasteiger partial charge in [-0.25, -0.2) is 0 Å². The SMILES string of the molecule is O=C1C(CO)CCC12CCCCC2. The van der Waals surface area contributed by atoms with Gasteiger partial charge < -0.3 is 5.11 Å². The first-order valence-corrected chi connectivity index (χ1v) is 5.44. The van der Waals surface area contributed by atoms with Gasteiger partial charge in [0.25, 0.3) is 0 Å². The highest BCUT2D eigenvalue weighted by atomic mass is 16.3. The Bertz CT molecular complexity index is 204. The molecule has 13 heavy (non-hydrogen) atoms. The molecule has 2 aliphatic rings. The molecule has 2 heteroatoms. The Kier molecular flexibility index (Phi) is 2.41. The third-order valence-electron chi connectivity index (χ3n) is 3.90. The van der Waals surface area contributed by atoms with E-state index in [1.807, 2.05) is 0 Å². The molecule has 1 atom stereocenters. The lowest BCUT2D eigenvalue weighted by atomic mass is 9.72. The van der Waals surface area contributed by atoms with Crippen LogP contribution in [0.4, 0.5) is 0 Å². The summed E-state index contributed by atoms with van der Waals surface area (Å²) in [5, 5.41) is 9.03. The quantitative estimate of drug-likeness (QED) is 0.672. The van der Waals surface area contributed by atoms with Crippen LogP contribution in [0.5, 0.6) is 0 Å². The van der Waals surface area contributed by atoms with Gasteiger partial charge in [0.1, 0.15) is 5.78 Å². The Morgan fingerprint density at radius 3 is 2.46 bits per heavy atom. The number of hydrogen-bond donors (Lipinski definition) is 1. The van der Waals surface area contributed by atoms with Gasteiger partial charge in [0.15, 0.2) is 0 Å². The van der Waals surface area contributed by atoms with E-state index < -0.39 is 0 Å². The number of rotatable bonds is 1. The Hall–Kier alpha value is -0.370. The van der Waals surface area contributed by atoms with Crippen LogP contribution in [0.3, 0.4) is 0 Å². The largest absolute Gasteiger partial charge is 0.396 e.